The summed E-state index contributed by atoms with van der Waals surface area (Å²) in [6.07, 6.45) is 7.79. The van der Waals surface area contributed by atoms with Gasteiger partial charge in [-0.15, -0.1) is 0 Å². The molecule has 7 heterocycles. The van der Waals surface area contributed by atoms with Crippen LogP contribution in [0.2, 0.25) is 0 Å². The highest BCUT2D eigenvalue weighted by atomic mass is 19.1. The van der Waals surface area contributed by atoms with E-state index < -0.39 is 34.7 Å². The number of aromatic nitrogens is 9. The minimum atomic E-state index is -0.821. The molecule has 0 bridgehead atoms. The molecule has 1 aliphatic carbocycles. The number of methoxy groups -OCH3 is 1. The van der Waals surface area contributed by atoms with Crippen LogP contribution in [0.5, 0.6) is 0 Å². The molecule has 2 atom stereocenters. The second-order valence-corrected chi connectivity index (χ2v) is 18.4. The standard InChI is InChI=1S/C48H48F2N10O6/c1-27-22-32(7-8-34(27)49)60-42(57-18-17-56(46(57)63)38-11-10-37-33(41(38)50)26-51-58(37)19-21-64-5)40-28(2)55(16-12-35(40)53-60)43(61)39-24-31-23-29(30-13-20-65-47(3,4)25-30)6-9-36(31)59(39)48(14-15-48)44-52-45(62)66-54-44/h6-11,17-18,22-24,26,28,30H,12-16,19-21,25H2,1-5H3,(H,52,54,62)/t28-,30-/m0/s1. The number of fused-ring (bicyclic) bond motifs is 3. The van der Waals surface area contributed by atoms with E-state index in [1.807, 2.05) is 17.6 Å². The lowest BCUT2D eigenvalue weighted by molar-refractivity contribution is -0.0592. The zero-order valence-electron chi connectivity index (χ0n) is 37.2. The Morgan fingerprint density at radius 1 is 1.02 bits per heavy atom. The van der Waals surface area contributed by atoms with Gasteiger partial charge < -0.3 is 18.9 Å². The predicted molar refractivity (Wildman–Crippen MR) is 239 cm³/mol. The minimum absolute atomic E-state index is 0.0268. The van der Waals surface area contributed by atoms with Crippen LogP contribution in [0, 0.1) is 18.6 Å². The number of rotatable bonds is 10. The molecule has 66 heavy (non-hydrogen) atoms. The van der Waals surface area contributed by atoms with E-state index in [1.165, 1.54) is 27.6 Å². The molecule has 1 amide bonds. The summed E-state index contributed by atoms with van der Waals surface area (Å²) in [5.74, 6) is -1.01. The number of hydrogen-bond donors (Lipinski definition) is 1. The van der Waals surface area contributed by atoms with Gasteiger partial charge in [0.05, 0.1) is 59.0 Å². The Kier molecular flexibility index (Phi) is 9.70. The lowest BCUT2D eigenvalue weighted by Crippen LogP contribution is -2.41. The molecule has 11 rings (SSSR count). The third-order valence-electron chi connectivity index (χ3n) is 13.9. The molecule has 5 aromatic heterocycles. The lowest BCUT2D eigenvalue weighted by atomic mass is 9.83. The van der Waals surface area contributed by atoms with E-state index in [2.05, 4.69) is 47.3 Å². The monoisotopic (exact) mass is 898 g/mol. The Hall–Kier alpha value is -6.92. The average molecular weight is 899 g/mol. The van der Waals surface area contributed by atoms with Crippen LogP contribution in [0.15, 0.2) is 87.3 Å². The molecule has 18 heteroatoms. The van der Waals surface area contributed by atoms with Gasteiger partial charge in [0.15, 0.2) is 11.6 Å². The number of hydrogen-bond acceptors (Lipinski definition) is 9. The van der Waals surface area contributed by atoms with Gasteiger partial charge in [-0.3, -0.25) is 28.1 Å². The number of nitrogens with one attached hydrogen (secondary N) is 1. The van der Waals surface area contributed by atoms with Gasteiger partial charge in [-0.1, -0.05) is 11.2 Å². The lowest BCUT2D eigenvalue weighted by Gasteiger charge is -2.35. The number of carbonyl (C=O) groups is 1. The SMILES string of the molecule is COCCn1ncc2c(F)c(-n3ccn(-c4c5c(nn4-c4ccc(F)c(C)c4)CCN(C(=O)c4cc6cc([C@H]7CCOC(C)(C)C7)ccc6n4C4(c6noc(=O)[nH]6)CC4)[C@H]5C)c3=O)ccc21. The van der Waals surface area contributed by atoms with Crippen molar-refractivity contribution in [1.82, 2.24) is 48.3 Å². The van der Waals surface area contributed by atoms with Crippen LogP contribution in [0.25, 0.3) is 39.0 Å². The summed E-state index contributed by atoms with van der Waals surface area (Å²) in [6, 6.07) is 15.5. The Bertz CT molecular complexity index is 3360. The Balaban J connectivity index is 1.03. The summed E-state index contributed by atoms with van der Waals surface area (Å²) in [6.45, 7) is 9.53. The van der Waals surface area contributed by atoms with E-state index in [0.717, 1.165) is 29.3 Å². The number of amides is 1. The van der Waals surface area contributed by atoms with Crippen molar-refractivity contribution in [2.75, 3.05) is 26.9 Å². The maximum absolute atomic E-state index is 16.4. The van der Waals surface area contributed by atoms with Crippen LogP contribution in [0.1, 0.15) is 97.1 Å². The maximum Gasteiger partial charge on any atom is 0.438 e. The van der Waals surface area contributed by atoms with Crippen molar-refractivity contribution >= 4 is 27.7 Å². The quantitative estimate of drug-likeness (QED) is 0.152. The van der Waals surface area contributed by atoms with Crippen LogP contribution in [-0.2, 0) is 28.0 Å². The molecule has 340 valence electrons. The third-order valence-corrected chi connectivity index (χ3v) is 13.9. The van der Waals surface area contributed by atoms with E-state index in [4.69, 9.17) is 19.1 Å². The minimum Gasteiger partial charge on any atom is -0.383 e. The highest BCUT2D eigenvalue weighted by Crippen LogP contribution is 2.51. The number of carbonyl (C=O) groups excluding carboxylic acids is 1. The van der Waals surface area contributed by atoms with E-state index in [-0.39, 0.29) is 28.5 Å². The van der Waals surface area contributed by atoms with Gasteiger partial charge in [0.25, 0.3) is 5.91 Å². The molecule has 2 aliphatic heterocycles. The van der Waals surface area contributed by atoms with Crippen molar-refractivity contribution in [3.05, 3.63) is 140 Å². The highest BCUT2D eigenvalue weighted by Gasteiger charge is 2.52. The van der Waals surface area contributed by atoms with Crippen LogP contribution in [-0.4, -0.2) is 86.7 Å². The maximum atomic E-state index is 16.4. The number of halogens is 2. The fraction of sp³-hybridized carbons (Fsp3) is 0.375. The Labute approximate surface area is 375 Å². The first-order valence-electron chi connectivity index (χ1n) is 22.3. The summed E-state index contributed by atoms with van der Waals surface area (Å²) in [7, 11) is 1.58. The number of imidazole rings is 1. The average Bonchev–Trinajstić information content (AvgIpc) is 3.78. The molecule has 0 radical (unpaired) electrons. The number of ether oxygens (including phenoxy) is 2. The van der Waals surface area contributed by atoms with Crippen molar-refractivity contribution in [2.24, 2.45) is 0 Å². The van der Waals surface area contributed by atoms with E-state index in [9.17, 15) is 14.0 Å². The number of aryl methyl sites for hydroxylation is 1. The highest BCUT2D eigenvalue weighted by molar-refractivity contribution is 6.00. The van der Waals surface area contributed by atoms with E-state index in [1.54, 1.807) is 58.8 Å². The van der Waals surface area contributed by atoms with Crippen LogP contribution < -0.4 is 11.4 Å². The second-order valence-electron chi connectivity index (χ2n) is 18.4. The molecule has 0 unspecified atom stereocenters. The van der Waals surface area contributed by atoms with Crippen molar-refractivity contribution in [3.63, 3.8) is 0 Å². The molecule has 16 nitrogen and oxygen atoms in total. The fourth-order valence-electron chi connectivity index (χ4n) is 10.4. The second kappa shape index (κ2) is 15.3. The first-order valence-corrected chi connectivity index (χ1v) is 22.3. The molecule has 3 aliphatic rings. The summed E-state index contributed by atoms with van der Waals surface area (Å²) in [4.78, 5) is 47.0. The van der Waals surface area contributed by atoms with Crippen molar-refractivity contribution in [2.45, 2.75) is 89.4 Å². The van der Waals surface area contributed by atoms with Gasteiger partial charge >= 0.3 is 11.4 Å². The third kappa shape index (κ3) is 6.59. The Morgan fingerprint density at radius 3 is 2.56 bits per heavy atom. The van der Waals surface area contributed by atoms with Crippen LogP contribution >= 0.6 is 0 Å². The molecule has 1 saturated heterocycles. The van der Waals surface area contributed by atoms with Gasteiger partial charge in [-0.25, -0.2) is 23.1 Å². The zero-order chi connectivity index (χ0) is 45.8. The number of aromatic amines is 1. The number of nitrogens with zero attached hydrogens (tertiary/aromatic N) is 9. The van der Waals surface area contributed by atoms with Crippen LogP contribution in [0.3, 0.4) is 0 Å². The molecule has 0 spiro atoms. The molecule has 1 saturated carbocycles. The Morgan fingerprint density at radius 2 is 1.82 bits per heavy atom. The fourth-order valence-corrected chi connectivity index (χ4v) is 10.4. The molecular weight excluding hydrogens is 851 g/mol. The van der Waals surface area contributed by atoms with Gasteiger partial charge in [0.1, 0.15) is 22.9 Å². The smallest absolute Gasteiger partial charge is 0.383 e. The molecule has 1 N–H and O–H groups in total. The van der Waals surface area contributed by atoms with Gasteiger partial charge in [-0.2, -0.15) is 10.2 Å². The topological polar surface area (TPSA) is 165 Å². The first kappa shape index (κ1) is 41.8. The van der Waals surface area contributed by atoms with Gasteiger partial charge in [0, 0.05) is 55.5 Å². The van der Waals surface area contributed by atoms with Crippen molar-refractivity contribution in [3.8, 4) is 17.2 Å². The van der Waals surface area contributed by atoms with Crippen molar-refractivity contribution in [1.29, 1.82) is 0 Å². The largest absolute Gasteiger partial charge is 0.438 e. The molecule has 8 aromatic rings. The molecule has 3 aromatic carbocycles. The summed E-state index contributed by atoms with van der Waals surface area (Å²) in [5.41, 5.74) is 3.45. The van der Waals surface area contributed by atoms with E-state index in [0.29, 0.717) is 90.9 Å². The summed E-state index contributed by atoms with van der Waals surface area (Å²) >= 11 is 0. The summed E-state index contributed by atoms with van der Waals surface area (Å²) < 4.78 is 55.2. The number of benzene rings is 3. The molecule has 2 fully saturated rings. The van der Waals surface area contributed by atoms with Crippen molar-refractivity contribution < 1.29 is 27.6 Å². The normalized spacial score (nSPS) is 18.9. The van der Waals surface area contributed by atoms with Crippen LogP contribution in [0.4, 0.5) is 8.78 Å². The van der Waals surface area contributed by atoms with Gasteiger partial charge in [0.2, 0.25) is 0 Å². The predicted octanol–water partition coefficient (Wildman–Crippen LogP) is 7.00. The van der Waals surface area contributed by atoms with E-state index >= 15 is 9.18 Å². The molecular formula is C48H48F2N10O6. The summed E-state index contributed by atoms with van der Waals surface area (Å²) in [5, 5.41) is 14.6. The number of H-pyrrole nitrogens is 1. The zero-order valence-corrected chi connectivity index (χ0v) is 37.2. The van der Waals surface area contributed by atoms with Gasteiger partial charge in [-0.05, 0) is 119 Å². The first-order chi connectivity index (χ1) is 31.8.